The Morgan fingerprint density at radius 2 is 1.96 bits per heavy atom. The Kier molecular flexibility index (Phi) is 4.85. The van der Waals surface area contributed by atoms with Crippen LogP contribution in [0.3, 0.4) is 0 Å². The Labute approximate surface area is 132 Å². The normalized spacial score (nSPS) is 16.1. The van der Waals surface area contributed by atoms with E-state index in [4.69, 9.17) is 0 Å². The standard InChI is InChI=1S/C16H19F2N3O2/c17-16(18)23-12-10-14-13(19-11-12)4-5-15(22)21(14)9-8-20-6-2-1-3-7-20/h4-5,10-11,16H,1-3,6-9H2. The number of ether oxygens (including phenoxy) is 1. The van der Waals surface area contributed by atoms with E-state index in [1.54, 1.807) is 10.6 Å². The van der Waals surface area contributed by atoms with E-state index in [0.29, 0.717) is 17.6 Å². The number of rotatable bonds is 5. The molecule has 3 rings (SSSR count). The molecule has 0 unspecified atom stereocenters. The highest BCUT2D eigenvalue weighted by Gasteiger charge is 2.12. The van der Waals surface area contributed by atoms with Crippen LogP contribution in [0.5, 0.6) is 5.75 Å². The molecule has 2 aromatic rings. The summed E-state index contributed by atoms with van der Waals surface area (Å²) in [5.41, 5.74) is 0.947. The maximum absolute atomic E-state index is 12.4. The van der Waals surface area contributed by atoms with Crippen molar-refractivity contribution in [3.05, 3.63) is 34.7 Å². The molecule has 1 aliphatic heterocycles. The maximum atomic E-state index is 12.4. The molecule has 0 N–H and O–H groups in total. The van der Waals surface area contributed by atoms with Crippen LogP contribution in [0.15, 0.2) is 29.2 Å². The van der Waals surface area contributed by atoms with Crippen LogP contribution < -0.4 is 10.3 Å². The first-order valence-electron chi connectivity index (χ1n) is 7.80. The Morgan fingerprint density at radius 3 is 2.70 bits per heavy atom. The molecule has 0 atom stereocenters. The molecule has 2 aromatic heterocycles. The topological polar surface area (TPSA) is 47.4 Å². The number of fused-ring (bicyclic) bond motifs is 1. The lowest BCUT2D eigenvalue weighted by Crippen LogP contribution is -2.34. The molecule has 3 heterocycles. The summed E-state index contributed by atoms with van der Waals surface area (Å²) < 4.78 is 30.7. The average molecular weight is 323 g/mol. The summed E-state index contributed by atoms with van der Waals surface area (Å²) >= 11 is 0. The van der Waals surface area contributed by atoms with Gasteiger partial charge < -0.3 is 14.2 Å². The number of pyridine rings is 2. The van der Waals surface area contributed by atoms with Crippen molar-refractivity contribution in [3.8, 4) is 5.75 Å². The molecule has 5 nitrogen and oxygen atoms in total. The second-order valence-electron chi connectivity index (χ2n) is 5.68. The van der Waals surface area contributed by atoms with Crippen molar-refractivity contribution in [2.24, 2.45) is 0 Å². The third-order valence-electron chi connectivity index (χ3n) is 4.13. The average Bonchev–Trinajstić information content (AvgIpc) is 2.54. The van der Waals surface area contributed by atoms with Crippen molar-refractivity contribution in [2.75, 3.05) is 19.6 Å². The number of alkyl halides is 2. The molecule has 7 heteroatoms. The molecule has 0 aromatic carbocycles. The van der Waals surface area contributed by atoms with Crippen LogP contribution in [0.4, 0.5) is 8.78 Å². The fourth-order valence-corrected chi connectivity index (χ4v) is 2.97. The molecule has 0 amide bonds. The van der Waals surface area contributed by atoms with Gasteiger partial charge in [0.05, 0.1) is 17.2 Å². The quantitative estimate of drug-likeness (QED) is 0.848. The van der Waals surface area contributed by atoms with Crippen molar-refractivity contribution in [2.45, 2.75) is 32.4 Å². The summed E-state index contributed by atoms with van der Waals surface area (Å²) in [5, 5.41) is 0. The van der Waals surface area contributed by atoms with Crippen LogP contribution in [0, 0.1) is 0 Å². The molecular weight excluding hydrogens is 304 g/mol. The fourth-order valence-electron chi connectivity index (χ4n) is 2.97. The van der Waals surface area contributed by atoms with Crippen LogP contribution in [0.2, 0.25) is 0 Å². The van der Waals surface area contributed by atoms with E-state index in [9.17, 15) is 13.6 Å². The number of halogens is 2. The first-order valence-corrected chi connectivity index (χ1v) is 7.80. The third-order valence-corrected chi connectivity index (χ3v) is 4.13. The van der Waals surface area contributed by atoms with Crippen LogP contribution in [-0.4, -0.2) is 40.7 Å². The maximum Gasteiger partial charge on any atom is 0.387 e. The van der Waals surface area contributed by atoms with E-state index < -0.39 is 6.61 Å². The number of piperidine rings is 1. The molecule has 0 spiro atoms. The highest BCUT2D eigenvalue weighted by Crippen LogP contribution is 2.19. The van der Waals surface area contributed by atoms with Gasteiger partial charge in [0, 0.05) is 25.2 Å². The smallest absolute Gasteiger partial charge is 0.387 e. The summed E-state index contributed by atoms with van der Waals surface area (Å²) in [5.74, 6) is -0.0372. The lowest BCUT2D eigenvalue weighted by atomic mass is 10.1. The van der Waals surface area contributed by atoms with Crippen LogP contribution in [-0.2, 0) is 6.54 Å². The van der Waals surface area contributed by atoms with Gasteiger partial charge in [0.25, 0.3) is 5.56 Å². The molecule has 0 saturated carbocycles. The van der Waals surface area contributed by atoms with Crippen LogP contribution in [0.25, 0.3) is 11.0 Å². The molecule has 23 heavy (non-hydrogen) atoms. The van der Waals surface area contributed by atoms with Gasteiger partial charge in [-0.3, -0.25) is 9.78 Å². The molecule has 124 valence electrons. The van der Waals surface area contributed by atoms with E-state index in [1.807, 2.05) is 0 Å². The summed E-state index contributed by atoms with van der Waals surface area (Å²) in [7, 11) is 0. The van der Waals surface area contributed by atoms with Gasteiger partial charge in [-0.1, -0.05) is 6.42 Å². The highest BCUT2D eigenvalue weighted by molar-refractivity contribution is 5.75. The summed E-state index contributed by atoms with van der Waals surface area (Å²) in [6, 6.07) is 4.51. The molecule has 1 aliphatic rings. The Bertz CT molecular complexity index is 727. The predicted octanol–water partition coefficient (Wildman–Crippen LogP) is 2.48. The van der Waals surface area contributed by atoms with Gasteiger partial charge in [-0.15, -0.1) is 0 Å². The lowest BCUT2D eigenvalue weighted by Gasteiger charge is -2.26. The largest absolute Gasteiger partial charge is 0.433 e. The van der Waals surface area contributed by atoms with Crippen LogP contribution >= 0.6 is 0 Å². The number of hydrogen-bond acceptors (Lipinski definition) is 4. The minimum atomic E-state index is -2.91. The van der Waals surface area contributed by atoms with E-state index in [-0.39, 0.29) is 11.3 Å². The Hall–Kier alpha value is -2.02. The number of hydrogen-bond donors (Lipinski definition) is 0. The van der Waals surface area contributed by atoms with Gasteiger partial charge in [0.15, 0.2) is 0 Å². The molecule has 0 radical (unpaired) electrons. The summed E-state index contributed by atoms with van der Waals surface area (Å²) in [6.07, 6.45) is 4.85. The molecule has 0 aliphatic carbocycles. The van der Waals surface area contributed by atoms with E-state index in [1.165, 1.54) is 37.6 Å². The van der Waals surface area contributed by atoms with Crippen molar-refractivity contribution in [1.29, 1.82) is 0 Å². The predicted molar refractivity (Wildman–Crippen MR) is 82.9 cm³/mol. The number of aromatic nitrogens is 2. The molecule has 1 saturated heterocycles. The van der Waals surface area contributed by atoms with E-state index in [0.717, 1.165) is 19.6 Å². The monoisotopic (exact) mass is 323 g/mol. The number of nitrogens with zero attached hydrogens (tertiary/aromatic N) is 3. The van der Waals surface area contributed by atoms with E-state index in [2.05, 4.69) is 14.6 Å². The summed E-state index contributed by atoms with van der Waals surface area (Å²) in [6.45, 7) is 0.440. The van der Waals surface area contributed by atoms with Gasteiger partial charge in [-0.05, 0) is 32.0 Å². The van der Waals surface area contributed by atoms with Gasteiger partial charge in [0.2, 0.25) is 0 Å². The van der Waals surface area contributed by atoms with Gasteiger partial charge in [0.1, 0.15) is 5.75 Å². The minimum absolute atomic E-state index is 0.0372. The zero-order valence-corrected chi connectivity index (χ0v) is 12.8. The zero-order chi connectivity index (χ0) is 16.2. The molecule has 1 fully saturated rings. The first kappa shape index (κ1) is 15.9. The fraction of sp³-hybridized carbons (Fsp3) is 0.500. The molecular formula is C16H19F2N3O2. The van der Waals surface area contributed by atoms with Crippen LogP contribution in [0.1, 0.15) is 19.3 Å². The van der Waals surface area contributed by atoms with Gasteiger partial charge >= 0.3 is 6.61 Å². The lowest BCUT2D eigenvalue weighted by molar-refractivity contribution is -0.0499. The van der Waals surface area contributed by atoms with Crippen molar-refractivity contribution in [1.82, 2.24) is 14.5 Å². The van der Waals surface area contributed by atoms with Gasteiger partial charge in [-0.2, -0.15) is 8.78 Å². The first-order chi connectivity index (χ1) is 11.1. The van der Waals surface area contributed by atoms with E-state index >= 15 is 0 Å². The SMILES string of the molecule is O=c1ccc2ncc(OC(F)F)cc2n1CCN1CCCCC1. The number of likely N-dealkylation sites (tertiary alicyclic amines) is 1. The van der Waals surface area contributed by atoms with Crippen molar-refractivity contribution < 1.29 is 13.5 Å². The van der Waals surface area contributed by atoms with Crippen molar-refractivity contribution in [3.63, 3.8) is 0 Å². The second kappa shape index (κ2) is 7.04. The minimum Gasteiger partial charge on any atom is -0.433 e. The van der Waals surface area contributed by atoms with Crippen molar-refractivity contribution >= 4 is 11.0 Å². The zero-order valence-electron chi connectivity index (χ0n) is 12.8. The molecule has 0 bridgehead atoms. The Balaban J connectivity index is 1.87. The highest BCUT2D eigenvalue weighted by atomic mass is 19.3. The van der Waals surface area contributed by atoms with Gasteiger partial charge in [-0.25, -0.2) is 0 Å². The third kappa shape index (κ3) is 3.85. The second-order valence-corrected chi connectivity index (χ2v) is 5.68. The summed E-state index contributed by atoms with van der Waals surface area (Å²) in [4.78, 5) is 18.6. The Morgan fingerprint density at radius 1 is 1.17 bits per heavy atom.